The molecule has 0 radical (unpaired) electrons. The quantitative estimate of drug-likeness (QED) is 0.478. The zero-order chi connectivity index (χ0) is 23.1. The number of carbonyl (C=O) groups is 2. The van der Waals surface area contributed by atoms with Crippen molar-refractivity contribution in [3.63, 3.8) is 0 Å². The van der Waals surface area contributed by atoms with E-state index < -0.39 is 0 Å². The lowest BCUT2D eigenvalue weighted by molar-refractivity contribution is -0.116. The Morgan fingerprint density at radius 3 is 2.16 bits per heavy atom. The Labute approximate surface area is 191 Å². The number of hydrogen-bond acceptors (Lipinski definition) is 6. The summed E-state index contributed by atoms with van der Waals surface area (Å²) in [6.45, 7) is 4.25. The lowest BCUT2D eigenvalue weighted by atomic mass is 10.0. The first kappa shape index (κ1) is 23.3. The van der Waals surface area contributed by atoms with Crippen LogP contribution in [0.5, 0.6) is 5.75 Å². The molecule has 0 unspecified atom stereocenters. The van der Waals surface area contributed by atoms with E-state index in [1.54, 1.807) is 43.0 Å². The van der Waals surface area contributed by atoms with Gasteiger partial charge in [-0.05, 0) is 47.9 Å². The molecule has 9 heteroatoms. The zero-order valence-corrected chi connectivity index (χ0v) is 19.4. The minimum atomic E-state index is -0.204. The SMILES string of the molecule is COc1ccc(NC(=O)Cc2nnc(SCC(=O)Nc3ccc(C(C)C)cc3)n2C)cc1. The molecule has 168 valence electrons. The second-order valence-corrected chi connectivity index (χ2v) is 8.47. The van der Waals surface area contributed by atoms with Crippen molar-refractivity contribution in [1.29, 1.82) is 0 Å². The van der Waals surface area contributed by atoms with E-state index in [9.17, 15) is 9.59 Å². The first-order valence-electron chi connectivity index (χ1n) is 10.2. The van der Waals surface area contributed by atoms with E-state index in [2.05, 4.69) is 34.7 Å². The van der Waals surface area contributed by atoms with E-state index in [-0.39, 0.29) is 24.0 Å². The van der Waals surface area contributed by atoms with Crippen LogP contribution in [0.1, 0.15) is 31.2 Å². The number of nitrogens with one attached hydrogen (secondary N) is 2. The van der Waals surface area contributed by atoms with Crippen LogP contribution in [0.3, 0.4) is 0 Å². The summed E-state index contributed by atoms with van der Waals surface area (Å²) in [7, 11) is 3.37. The Bertz CT molecular complexity index is 1060. The third-order valence-electron chi connectivity index (χ3n) is 4.81. The van der Waals surface area contributed by atoms with Crippen LogP contribution in [0.4, 0.5) is 11.4 Å². The molecular weight excluding hydrogens is 426 g/mol. The highest BCUT2D eigenvalue weighted by Crippen LogP contribution is 2.20. The summed E-state index contributed by atoms with van der Waals surface area (Å²) in [5.74, 6) is 1.53. The van der Waals surface area contributed by atoms with Gasteiger partial charge in [-0.3, -0.25) is 9.59 Å². The molecular formula is C23H27N5O3S. The van der Waals surface area contributed by atoms with E-state index in [1.165, 1.54) is 17.3 Å². The fraction of sp³-hybridized carbons (Fsp3) is 0.304. The van der Waals surface area contributed by atoms with Crippen molar-refractivity contribution in [1.82, 2.24) is 14.8 Å². The Kier molecular flexibility index (Phi) is 7.88. The molecule has 2 N–H and O–H groups in total. The average molecular weight is 454 g/mol. The van der Waals surface area contributed by atoms with Gasteiger partial charge in [-0.1, -0.05) is 37.7 Å². The van der Waals surface area contributed by atoms with E-state index in [1.807, 2.05) is 24.3 Å². The number of thioether (sulfide) groups is 1. The van der Waals surface area contributed by atoms with Crippen molar-refractivity contribution in [2.75, 3.05) is 23.5 Å². The van der Waals surface area contributed by atoms with Gasteiger partial charge in [-0.2, -0.15) is 0 Å². The van der Waals surface area contributed by atoms with Gasteiger partial charge < -0.3 is 19.9 Å². The van der Waals surface area contributed by atoms with Gasteiger partial charge in [0.15, 0.2) is 5.16 Å². The van der Waals surface area contributed by atoms with E-state index in [4.69, 9.17) is 4.74 Å². The standard InChI is InChI=1S/C23H27N5O3S/c1-15(2)16-5-7-17(8-6-16)25-22(30)14-32-23-27-26-20(28(23)3)13-21(29)24-18-9-11-19(31-4)12-10-18/h5-12,15H,13-14H2,1-4H3,(H,24,29)(H,25,30). The molecule has 1 heterocycles. The highest BCUT2D eigenvalue weighted by molar-refractivity contribution is 7.99. The number of ether oxygens (including phenoxy) is 1. The number of hydrogen-bond donors (Lipinski definition) is 2. The number of nitrogens with zero attached hydrogens (tertiary/aromatic N) is 3. The Morgan fingerprint density at radius 2 is 1.56 bits per heavy atom. The Morgan fingerprint density at radius 1 is 0.969 bits per heavy atom. The van der Waals surface area contributed by atoms with Crippen molar-refractivity contribution < 1.29 is 14.3 Å². The van der Waals surface area contributed by atoms with Crippen LogP contribution < -0.4 is 15.4 Å². The maximum Gasteiger partial charge on any atom is 0.234 e. The molecule has 0 aliphatic carbocycles. The number of aromatic nitrogens is 3. The summed E-state index contributed by atoms with van der Waals surface area (Å²) in [5.41, 5.74) is 2.65. The van der Waals surface area contributed by atoms with Gasteiger partial charge >= 0.3 is 0 Å². The molecule has 2 amide bonds. The van der Waals surface area contributed by atoms with Crippen molar-refractivity contribution >= 4 is 35.0 Å². The number of anilines is 2. The third-order valence-corrected chi connectivity index (χ3v) is 5.83. The number of carbonyl (C=O) groups excluding carboxylic acids is 2. The van der Waals surface area contributed by atoms with Gasteiger partial charge in [-0.15, -0.1) is 10.2 Å². The molecule has 0 fully saturated rings. The summed E-state index contributed by atoms with van der Waals surface area (Å²) in [6, 6.07) is 14.9. The molecule has 3 aromatic rings. The first-order chi connectivity index (χ1) is 15.4. The van der Waals surface area contributed by atoms with Crippen LogP contribution in [0.15, 0.2) is 53.7 Å². The van der Waals surface area contributed by atoms with Crippen LogP contribution >= 0.6 is 11.8 Å². The van der Waals surface area contributed by atoms with Crippen molar-refractivity contribution in [2.45, 2.75) is 31.3 Å². The van der Waals surface area contributed by atoms with Crippen LogP contribution in [0, 0.1) is 0 Å². The van der Waals surface area contributed by atoms with E-state index in [0.29, 0.717) is 22.6 Å². The van der Waals surface area contributed by atoms with Crippen molar-refractivity contribution in [3.8, 4) is 5.75 Å². The predicted octanol–water partition coefficient (Wildman–Crippen LogP) is 3.86. The lowest BCUT2D eigenvalue weighted by Gasteiger charge is -2.08. The summed E-state index contributed by atoms with van der Waals surface area (Å²) in [5, 5.41) is 14.5. The van der Waals surface area contributed by atoms with Crippen molar-refractivity contribution in [2.24, 2.45) is 7.05 Å². The van der Waals surface area contributed by atoms with E-state index >= 15 is 0 Å². The maximum atomic E-state index is 12.3. The molecule has 0 saturated carbocycles. The number of amides is 2. The first-order valence-corrected chi connectivity index (χ1v) is 11.2. The second-order valence-electron chi connectivity index (χ2n) is 7.52. The molecule has 0 atom stereocenters. The van der Waals surface area contributed by atoms with Crippen LogP contribution in [-0.4, -0.2) is 39.4 Å². The monoisotopic (exact) mass is 453 g/mol. The molecule has 1 aromatic heterocycles. The largest absolute Gasteiger partial charge is 0.497 e. The summed E-state index contributed by atoms with van der Waals surface area (Å²) >= 11 is 1.27. The Hall–Kier alpha value is -3.33. The topological polar surface area (TPSA) is 98.1 Å². The Balaban J connectivity index is 1.50. The average Bonchev–Trinajstić information content (AvgIpc) is 3.12. The molecule has 0 saturated heterocycles. The molecule has 0 aliphatic heterocycles. The van der Waals surface area contributed by atoms with Gasteiger partial charge in [0, 0.05) is 18.4 Å². The van der Waals surface area contributed by atoms with Crippen molar-refractivity contribution in [3.05, 3.63) is 59.9 Å². The molecule has 32 heavy (non-hydrogen) atoms. The van der Waals surface area contributed by atoms with Gasteiger partial charge in [0.05, 0.1) is 19.3 Å². The van der Waals surface area contributed by atoms with Crippen LogP contribution in [0.25, 0.3) is 0 Å². The minimum Gasteiger partial charge on any atom is -0.497 e. The smallest absolute Gasteiger partial charge is 0.234 e. The van der Waals surface area contributed by atoms with Gasteiger partial charge in [0.25, 0.3) is 0 Å². The molecule has 8 nitrogen and oxygen atoms in total. The third kappa shape index (κ3) is 6.34. The highest BCUT2D eigenvalue weighted by Gasteiger charge is 2.15. The molecule has 3 rings (SSSR count). The molecule has 0 spiro atoms. The van der Waals surface area contributed by atoms with Crippen LogP contribution in [-0.2, 0) is 23.1 Å². The summed E-state index contributed by atoms with van der Waals surface area (Å²) in [4.78, 5) is 24.6. The number of rotatable bonds is 9. The number of benzene rings is 2. The number of methoxy groups -OCH3 is 1. The van der Waals surface area contributed by atoms with Gasteiger partial charge in [0.1, 0.15) is 11.6 Å². The van der Waals surface area contributed by atoms with Crippen LogP contribution in [0.2, 0.25) is 0 Å². The second kappa shape index (κ2) is 10.8. The molecule has 0 aliphatic rings. The van der Waals surface area contributed by atoms with E-state index in [0.717, 1.165) is 11.4 Å². The normalized spacial score (nSPS) is 10.8. The van der Waals surface area contributed by atoms with Gasteiger partial charge in [-0.25, -0.2) is 0 Å². The maximum absolute atomic E-state index is 12.3. The predicted molar refractivity (Wildman–Crippen MR) is 126 cm³/mol. The lowest BCUT2D eigenvalue weighted by Crippen LogP contribution is -2.17. The molecule has 0 bridgehead atoms. The fourth-order valence-electron chi connectivity index (χ4n) is 2.93. The minimum absolute atomic E-state index is 0.0739. The summed E-state index contributed by atoms with van der Waals surface area (Å²) < 4.78 is 6.83. The molecule has 2 aromatic carbocycles. The highest BCUT2D eigenvalue weighted by atomic mass is 32.2. The summed E-state index contributed by atoms with van der Waals surface area (Å²) in [6.07, 6.45) is 0.0739. The zero-order valence-electron chi connectivity index (χ0n) is 18.6. The fourth-order valence-corrected chi connectivity index (χ4v) is 3.66. The van der Waals surface area contributed by atoms with Gasteiger partial charge in [0.2, 0.25) is 11.8 Å².